The third-order valence-corrected chi connectivity index (χ3v) is 4.79. The van der Waals surface area contributed by atoms with Crippen LogP contribution in [0.3, 0.4) is 0 Å². The van der Waals surface area contributed by atoms with Crippen LogP contribution in [-0.2, 0) is 4.79 Å². The van der Waals surface area contributed by atoms with Crippen LogP contribution < -0.4 is 10.3 Å². The summed E-state index contributed by atoms with van der Waals surface area (Å²) in [5.74, 6) is -0.373. The Morgan fingerprint density at radius 3 is 2.33 bits per heavy atom. The molecule has 1 saturated heterocycles. The highest BCUT2D eigenvalue weighted by molar-refractivity contribution is 6.30. The van der Waals surface area contributed by atoms with Crippen LogP contribution in [-0.4, -0.2) is 49.2 Å². The Kier molecular flexibility index (Phi) is 6.42. The predicted molar refractivity (Wildman–Crippen MR) is 107 cm³/mol. The molecule has 7 heteroatoms. The molecule has 1 fully saturated rings. The Morgan fingerprint density at radius 1 is 1.07 bits per heavy atom. The van der Waals surface area contributed by atoms with E-state index in [4.69, 9.17) is 11.6 Å². The number of rotatable bonds is 5. The lowest BCUT2D eigenvalue weighted by molar-refractivity contribution is -0.122. The zero-order valence-electron chi connectivity index (χ0n) is 15.2. The molecular weight excluding hydrogens is 367 g/mol. The first kappa shape index (κ1) is 19.3. The van der Waals surface area contributed by atoms with E-state index in [1.807, 2.05) is 19.1 Å². The lowest BCUT2D eigenvalue weighted by Crippen LogP contribution is -2.49. The minimum absolute atomic E-state index is 0.140. The SMILES string of the molecule is C/C(=N\NC(=O)CN1CCN(c2ccc(F)cc2)CC1)c1ccc(Cl)cc1. The molecule has 142 valence electrons. The van der Waals surface area contributed by atoms with Crippen molar-refractivity contribution in [3.05, 3.63) is 64.9 Å². The van der Waals surface area contributed by atoms with Gasteiger partial charge in [0.25, 0.3) is 5.91 Å². The number of hydrogen-bond donors (Lipinski definition) is 1. The van der Waals surface area contributed by atoms with E-state index >= 15 is 0 Å². The van der Waals surface area contributed by atoms with Crippen molar-refractivity contribution in [2.24, 2.45) is 5.10 Å². The minimum Gasteiger partial charge on any atom is -0.369 e. The van der Waals surface area contributed by atoms with Gasteiger partial charge in [0.1, 0.15) is 5.82 Å². The molecule has 3 rings (SSSR count). The number of carbonyl (C=O) groups excluding carboxylic acids is 1. The van der Waals surface area contributed by atoms with Gasteiger partial charge in [0.15, 0.2) is 0 Å². The van der Waals surface area contributed by atoms with Gasteiger partial charge < -0.3 is 4.90 Å². The first-order valence-corrected chi connectivity index (χ1v) is 9.21. The minimum atomic E-state index is -0.233. The number of amides is 1. The first-order chi connectivity index (χ1) is 13.0. The van der Waals surface area contributed by atoms with Crippen LogP contribution in [0.1, 0.15) is 12.5 Å². The van der Waals surface area contributed by atoms with Gasteiger partial charge in [-0.2, -0.15) is 5.10 Å². The average molecular weight is 389 g/mol. The molecule has 1 heterocycles. The molecule has 0 aliphatic carbocycles. The summed E-state index contributed by atoms with van der Waals surface area (Å²) in [4.78, 5) is 16.4. The number of halogens is 2. The number of nitrogens with one attached hydrogen (secondary N) is 1. The van der Waals surface area contributed by atoms with Crippen molar-refractivity contribution in [3.8, 4) is 0 Å². The van der Waals surface area contributed by atoms with Crippen LogP contribution in [0.15, 0.2) is 53.6 Å². The Balaban J connectivity index is 1.46. The van der Waals surface area contributed by atoms with Gasteiger partial charge in [0.2, 0.25) is 0 Å². The van der Waals surface area contributed by atoms with Gasteiger partial charge in [0, 0.05) is 36.9 Å². The standard InChI is InChI=1S/C20H22ClFN4O/c1-15(16-2-4-17(21)5-3-16)23-24-20(27)14-25-10-12-26(13-11-25)19-8-6-18(22)7-9-19/h2-9H,10-14H2,1H3,(H,24,27)/b23-15+. The fourth-order valence-electron chi connectivity index (χ4n) is 2.96. The molecule has 0 aromatic heterocycles. The van der Waals surface area contributed by atoms with Gasteiger partial charge >= 0.3 is 0 Å². The van der Waals surface area contributed by atoms with E-state index in [-0.39, 0.29) is 11.7 Å². The largest absolute Gasteiger partial charge is 0.369 e. The van der Waals surface area contributed by atoms with Crippen LogP contribution in [0.5, 0.6) is 0 Å². The van der Waals surface area contributed by atoms with E-state index in [9.17, 15) is 9.18 Å². The van der Waals surface area contributed by atoms with Crippen LogP contribution in [0.4, 0.5) is 10.1 Å². The molecule has 1 aliphatic heterocycles. The summed E-state index contributed by atoms with van der Waals surface area (Å²) in [6.07, 6.45) is 0. The quantitative estimate of drug-likeness (QED) is 0.632. The van der Waals surface area contributed by atoms with E-state index in [0.717, 1.165) is 43.1 Å². The summed E-state index contributed by atoms with van der Waals surface area (Å²) < 4.78 is 13.0. The highest BCUT2D eigenvalue weighted by Crippen LogP contribution is 2.16. The molecule has 1 N–H and O–H groups in total. The smallest absolute Gasteiger partial charge is 0.254 e. The van der Waals surface area contributed by atoms with Crippen LogP contribution in [0.25, 0.3) is 0 Å². The van der Waals surface area contributed by atoms with Crippen molar-refractivity contribution >= 4 is 28.9 Å². The molecule has 5 nitrogen and oxygen atoms in total. The summed E-state index contributed by atoms with van der Waals surface area (Å²) >= 11 is 5.87. The highest BCUT2D eigenvalue weighted by Gasteiger charge is 2.19. The molecule has 0 bridgehead atoms. The monoisotopic (exact) mass is 388 g/mol. The summed E-state index contributed by atoms with van der Waals surface area (Å²) in [6, 6.07) is 13.8. The fourth-order valence-corrected chi connectivity index (χ4v) is 3.08. The Bertz CT molecular complexity index is 800. The van der Waals surface area contributed by atoms with Crippen LogP contribution in [0.2, 0.25) is 5.02 Å². The maximum Gasteiger partial charge on any atom is 0.254 e. The molecule has 27 heavy (non-hydrogen) atoms. The maximum absolute atomic E-state index is 13.0. The van der Waals surface area contributed by atoms with Crippen molar-refractivity contribution < 1.29 is 9.18 Å². The van der Waals surface area contributed by atoms with Gasteiger partial charge in [-0.15, -0.1) is 0 Å². The summed E-state index contributed by atoms with van der Waals surface area (Å²) in [6.45, 7) is 5.27. The zero-order chi connectivity index (χ0) is 19.2. The lowest BCUT2D eigenvalue weighted by atomic mass is 10.1. The number of hydrogen-bond acceptors (Lipinski definition) is 4. The van der Waals surface area contributed by atoms with Crippen molar-refractivity contribution in [2.75, 3.05) is 37.6 Å². The Labute approximate surface area is 163 Å². The van der Waals surface area contributed by atoms with E-state index < -0.39 is 0 Å². The number of hydrazone groups is 1. The number of carbonyl (C=O) groups is 1. The van der Waals surface area contributed by atoms with Gasteiger partial charge in [-0.3, -0.25) is 9.69 Å². The van der Waals surface area contributed by atoms with Crippen LogP contribution >= 0.6 is 11.6 Å². The number of nitrogens with zero attached hydrogens (tertiary/aromatic N) is 3. The second kappa shape index (κ2) is 8.97. The molecule has 1 amide bonds. The molecule has 0 unspecified atom stereocenters. The topological polar surface area (TPSA) is 47.9 Å². The highest BCUT2D eigenvalue weighted by atomic mass is 35.5. The second-order valence-corrected chi connectivity index (χ2v) is 6.92. The molecule has 0 radical (unpaired) electrons. The fraction of sp³-hybridized carbons (Fsp3) is 0.300. The summed E-state index contributed by atoms with van der Waals surface area (Å²) in [5, 5.41) is 4.82. The predicted octanol–water partition coefficient (Wildman–Crippen LogP) is 3.14. The molecule has 0 saturated carbocycles. The van der Waals surface area contributed by atoms with Crippen molar-refractivity contribution in [1.29, 1.82) is 0 Å². The van der Waals surface area contributed by atoms with Gasteiger partial charge in [0.05, 0.1) is 12.3 Å². The summed E-state index contributed by atoms with van der Waals surface area (Å²) in [5.41, 5.74) is 5.25. The molecule has 2 aromatic carbocycles. The average Bonchev–Trinajstić information content (AvgIpc) is 2.68. The van der Waals surface area contributed by atoms with E-state index in [1.165, 1.54) is 12.1 Å². The van der Waals surface area contributed by atoms with E-state index in [0.29, 0.717) is 11.6 Å². The van der Waals surface area contributed by atoms with Crippen molar-refractivity contribution in [1.82, 2.24) is 10.3 Å². The van der Waals surface area contributed by atoms with Gasteiger partial charge in [-0.05, 0) is 48.9 Å². The molecule has 0 spiro atoms. The van der Waals surface area contributed by atoms with Crippen molar-refractivity contribution in [3.63, 3.8) is 0 Å². The number of benzene rings is 2. The van der Waals surface area contributed by atoms with Gasteiger partial charge in [-0.1, -0.05) is 23.7 Å². The molecule has 1 aliphatic rings. The van der Waals surface area contributed by atoms with Crippen molar-refractivity contribution in [2.45, 2.75) is 6.92 Å². The lowest BCUT2D eigenvalue weighted by Gasteiger charge is -2.35. The molecule has 0 atom stereocenters. The number of piperazine rings is 1. The van der Waals surface area contributed by atoms with Crippen LogP contribution in [0, 0.1) is 5.82 Å². The second-order valence-electron chi connectivity index (χ2n) is 6.48. The normalized spacial score (nSPS) is 15.7. The van der Waals surface area contributed by atoms with Gasteiger partial charge in [-0.25, -0.2) is 9.82 Å². The molecule has 2 aromatic rings. The Morgan fingerprint density at radius 2 is 1.70 bits per heavy atom. The molecular formula is C20H22ClFN4O. The Hall–Kier alpha value is -2.44. The zero-order valence-corrected chi connectivity index (χ0v) is 15.9. The van der Waals surface area contributed by atoms with E-state index in [1.54, 1.807) is 24.3 Å². The maximum atomic E-state index is 13.0. The van der Waals surface area contributed by atoms with E-state index in [2.05, 4.69) is 20.3 Å². The number of anilines is 1. The third kappa shape index (κ3) is 5.52. The third-order valence-electron chi connectivity index (χ3n) is 4.54. The first-order valence-electron chi connectivity index (χ1n) is 8.83. The summed E-state index contributed by atoms with van der Waals surface area (Å²) in [7, 11) is 0.